The first-order valence-electron chi connectivity index (χ1n) is 5.84. The summed E-state index contributed by atoms with van der Waals surface area (Å²) in [6, 6.07) is 17.9. The molecular weight excluding hydrogens is 247 g/mol. The van der Waals surface area contributed by atoms with E-state index in [4.69, 9.17) is 9.05 Å². The van der Waals surface area contributed by atoms with Gasteiger partial charge in [0, 0.05) is 0 Å². The van der Waals surface area contributed by atoms with Gasteiger partial charge in [0.05, 0.1) is 0 Å². The van der Waals surface area contributed by atoms with Crippen molar-refractivity contribution < 1.29 is 13.6 Å². The van der Waals surface area contributed by atoms with Gasteiger partial charge in [0.2, 0.25) is 0 Å². The van der Waals surface area contributed by atoms with E-state index in [1.165, 1.54) is 0 Å². The maximum atomic E-state index is 11.5. The summed E-state index contributed by atoms with van der Waals surface area (Å²) >= 11 is 0. The van der Waals surface area contributed by atoms with Gasteiger partial charge in [0.15, 0.2) is 0 Å². The predicted octanol–water partition coefficient (Wildman–Crippen LogP) is 4.56. The van der Waals surface area contributed by atoms with Crippen LogP contribution in [-0.2, 0) is 4.57 Å². The normalized spacial score (nSPS) is 9.28. The predicted molar refractivity (Wildman–Crippen MR) is 74.5 cm³/mol. The van der Waals surface area contributed by atoms with Crippen molar-refractivity contribution in [3.05, 3.63) is 60.7 Å². The van der Waals surface area contributed by atoms with Crippen molar-refractivity contribution in [1.29, 1.82) is 0 Å². The third-order valence-electron chi connectivity index (χ3n) is 1.89. The van der Waals surface area contributed by atoms with Gasteiger partial charge < -0.3 is 9.05 Å². The van der Waals surface area contributed by atoms with Crippen LogP contribution in [0.2, 0.25) is 0 Å². The van der Waals surface area contributed by atoms with Crippen LogP contribution in [0.1, 0.15) is 13.8 Å². The van der Waals surface area contributed by atoms with E-state index in [9.17, 15) is 4.57 Å². The van der Waals surface area contributed by atoms with Gasteiger partial charge in [-0.3, -0.25) is 0 Å². The average Bonchev–Trinajstić information content (AvgIpc) is 2.43. The van der Waals surface area contributed by atoms with Crippen LogP contribution in [0.25, 0.3) is 0 Å². The zero-order valence-electron chi connectivity index (χ0n) is 10.5. The zero-order valence-corrected chi connectivity index (χ0v) is 11.5. The Morgan fingerprint density at radius 3 is 1.39 bits per heavy atom. The van der Waals surface area contributed by atoms with E-state index in [0.717, 1.165) is 0 Å². The van der Waals surface area contributed by atoms with Crippen LogP contribution < -0.4 is 9.05 Å². The highest BCUT2D eigenvalue weighted by atomic mass is 31.1. The van der Waals surface area contributed by atoms with Crippen molar-refractivity contribution in [3.63, 3.8) is 0 Å². The largest absolute Gasteiger partial charge is 0.418 e. The minimum Gasteiger partial charge on any atom is -0.418 e. The lowest BCUT2D eigenvalue weighted by Gasteiger charge is -2.07. The van der Waals surface area contributed by atoms with Crippen molar-refractivity contribution in [1.82, 2.24) is 0 Å². The third kappa shape index (κ3) is 5.07. The molecule has 0 radical (unpaired) electrons. The number of hydrogen-bond donors (Lipinski definition) is 0. The number of rotatable bonds is 4. The molecule has 0 saturated heterocycles. The van der Waals surface area contributed by atoms with E-state index in [0.29, 0.717) is 11.5 Å². The highest BCUT2D eigenvalue weighted by molar-refractivity contribution is 7.34. The standard InChI is InChI=1S/C12H11O3P.C2H6/c13-16(14-11-7-3-1-4-8-11)15-12-9-5-2-6-10-12;1-2/h1-10,16H;1-2H3. The summed E-state index contributed by atoms with van der Waals surface area (Å²) in [5, 5.41) is 0. The van der Waals surface area contributed by atoms with Crippen LogP contribution in [0.15, 0.2) is 60.7 Å². The summed E-state index contributed by atoms with van der Waals surface area (Å²) in [5.74, 6) is 1.09. The van der Waals surface area contributed by atoms with E-state index >= 15 is 0 Å². The van der Waals surface area contributed by atoms with Crippen LogP contribution >= 0.6 is 8.25 Å². The minimum atomic E-state index is -2.54. The second-order valence-corrected chi connectivity index (χ2v) is 3.99. The van der Waals surface area contributed by atoms with Crippen molar-refractivity contribution >= 4 is 8.25 Å². The molecule has 0 atom stereocenters. The van der Waals surface area contributed by atoms with Crippen LogP contribution in [0.4, 0.5) is 0 Å². The number of hydrogen-bond acceptors (Lipinski definition) is 3. The Labute approximate surface area is 108 Å². The van der Waals surface area contributed by atoms with Crippen LogP contribution in [0.5, 0.6) is 11.5 Å². The molecule has 0 bridgehead atoms. The van der Waals surface area contributed by atoms with Gasteiger partial charge in [-0.2, -0.15) is 0 Å². The van der Waals surface area contributed by atoms with Crippen LogP contribution in [0.3, 0.4) is 0 Å². The summed E-state index contributed by atoms with van der Waals surface area (Å²) in [6.07, 6.45) is 0. The van der Waals surface area contributed by atoms with E-state index in [1.54, 1.807) is 24.3 Å². The first-order chi connectivity index (χ1) is 8.84. The molecule has 0 aromatic heterocycles. The molecule has 0 N–H and O–H groups in total. The van der Waals surface area contributed by atoms with Crippen molar-refractivity contribution in [3.8, 4) is 11.5 Å². The number of para-hydroxylation sites is 2. The van der Waals surface area contributed by atoms with Crippen molar-refractivity contribution in [2.24, 2.45) is 0 Å². The maximum Gasteiger partial charge on any atom is 0.418 e. The monoisotopic (exact) mass is 264 g/mol. The first kappa shape index (κ1) is 14.3. The summed E-state index contributed by atoms with van der Waals surface area (Å²) in [6.45, 7) is 4.00. The van der Waals surface area contributed by atoms with Gasteiger partial charge in [-0.1, -0.05) is 50.2 Å². The molecule has 2 aromatic carbocycles. The third-order valence-corrected chi connectivity index (χ3v) is 2.69. The smallest absolute Gasteiger partial charge is 0.418 e. The molecule has 4 heteroatoms. The highest BCUT2D eigenvalue weighted by Crippen LogP contribution is 2.29. The van der Waals surface area contributed by atoms with Gasteiger partial charge in [0.25, 0.3) is 0 Å². The second-order valence-electron chi connectivity index (χ2n) is 3.08. The fourth-order valence-corrected chi connectivity index (χ4v) is 1.89. The molecule has 0 fully saturated rings. The topological polar surface area (TPSA) is 35.5 Å². The van der Waals surface area contributed by atoms with E-state index in [1.807, 2.05) is 50.2 Å². The molecule has 0 spiro atoms. The molecule has 0 heterocycles. The molecular formula is C14H17O3P. The zero-order chi connectivity index (χ0) is 13.2. The summed E-state index contributed by atoms with van der Waals surface area (Å²) in [7, 11) is -2.54. The quantitative estimate of drug-likeness (QED) is 0.759. The Morgan fingerprint density at radius 1 is 0.722 bits per heavy atom. The molecule has 2 aromatic rings. The van der Waals surface area contributed by atoms with Gasteiger partial charge in [-0.15, -0.1) is 0 Å². The molecule has 0 aliphatic carbocycles. The van der Waals surface area contributed by atoms with Gasteiger partial charge >= 0.3 is 8.25 Å². The van der Waals surface area contributed by atoms with Gasteiger partial charge in [0.1, 0.15) is 11.5 Å². The van der Waals surface area contributed by atoms with Gasteiger partial charge in [-0.05, 0) is 24.3 Å². The summed E-state index contributed by atoms with van der Waals surface area (Å²) in [4.78, 5) is 0. The van der Waals surface area contributed by atoms with Crippen LogP contribution in [-0.4, -0.2) is 0 Å². The second kappa shape index (κ2) is 8.37. The molecule has 0 saturated carbocycles. The average molecular weight is 264 g/mol. The lowest BCUT2D eigenvalue weighted by molar-refractivity contribution is 0.415. The van der Waals surface area contributed by atoms with E-state index < -0.39 is 8.25 Å². The lowest BCUT2D eigenvalue weighted by atomic mass is 10.3. The van der Waals surface area contributed by atoms with Crippen LogP contribution in [0, 0.1) is 0 Å². The van der Waals surface area contributed by atoms with Crippen molar-refractivity contribution in [2.45, 2.75) is 13.8 Å². The fraction of sp³-hybridized carbons (Fsp3) is 0.143. The van der Waals surface area contributed by atoms with Gasteiger partial charge in [-0.25, -0.2) is 4.57 Å². The maximum absolute atomic E-state index is 11.5. The lowest BCUT2D eigenvalue weighted by Crippen LogP contribution is -1.87. The summed E-state index contributed by atoms with van der Waals surface area (Å²) < 4.78 is 21.8. The molecule has 0 amide bonds. The Kier molecular flexibility index (Phi) is 6.67. The molecule has 3 nitrogen and oxygen atoms in total. The Bertz CT molecular complexity index is 413. The number of benzene rings is 2. The molecule has 0 aliphatic rings. The Morgan fingerprint density at radius 2 is 1.06 bits per heavy atom. The molecule has 2 rings (SSSR count). The molecule has 0 aliphatic heterocycles. The first-order valence-corrected chi connectivity index (χ1v) is 7.07. The highest BCUT2D eigenvalue weighted by Gasteiger charge is 2.02. The Hall–Kier alpha value is -1.73. The molecule has 0 unspecified atom stereocenters. The van der Waals surface area contributed by atoms with E-state index in [2.05, 4.69) is 0 Å². The van der Waals surface area contributed by atoms with Crippen molar-refractivity contribution in [2.75, 3.05) is 0 Å². The molecule has 18 heavy (non-hydrogen) atoms. The SMILES string of the molecule is CC.O=[PH](Oc1ccccc1)Oc1ccccc1. The molecule has 96 valence electrons. The Balaban J connectivity index is 0.000000771. The fourth-order valence-electron chi connectivity index (χ4n) is 1.19. The minimum absolute atomic E-state index is 0.544. The van der Waals surface area contributed by atoms with E-state index in [-0.39, 0.29) is 0 Å². The summed E-state index contributed by atoms with van der Waals surface area (Å²) in [5.41, 5.74) is 0.